The van der Waals surface area contributed by atoms with Crippen molar-refractivity contribution in [2.24, 2.45) is 0 Å². The smallest absolute Gasteiger partial charge is 0.228 e. The molecule has 2 saturated heterocycles. The van der Waals surface area contributed by atoms with Crippen molar-refractivity contribution in [3.05, 3.63) is 41.2 Å². The van der Waals surface area contributed by atoms with Gasteiger partial charge >= 0.3 is 0 Å². The van der Waals surface area contributed by atoms with E-state index in [1.807, 2.05) is 11.8 Å². The standard InChI is InChI=1S/C21H29N5O2/c1-16-6-3-4-8-20(16)25-12-10-24(11-13-25)18-7-5-9-26(15-18)21(27)14-19-17(2)22-28-23-19/h3-4,6,8,18H,5,7,9-15H2,1-2H3. The monoisotopic (exact) mass is 383 g/mol. The molecule has 3 heterocycles. The summed E-state index contributed by atoms with van der Waals surface area (Å²) < 4.78 is 4.72. The third kappa shape index (κ3) is 4.04. The van der Waals surface area contributed by atoms with Crippen molar-refractivity contribution in [1.29, 1.82) is 0 Å². The molecule has 0 bridgehead atoms. The molecular weight excluding hydrogens is 354 g/mol. The molecule has 0 aliphatic carbocycles. The first-order valence-electron chi connectivity index (χ1n) is 10.2. The molecule has 1 aromatic carbocycles. The largest absolute Gasteiger partial charge is 0.369 e. The molecule has 1 atom stereocenters. The molecule has 2 aliphatic heterocycles. The normalized spacial score (nSPS) is 21.1. The topological polar surface area (TPSA) is 65.7 Å². The van der Waals surface area contributed by atoms with Crippen molar-refractivity contribution in [2.75, 3.05) is 44.2 Å². The van der Waals surface area contributed by atoms with Gasteiger partial charge in [0.2, 0.25) is 5.91 Å². The number of piperidine rings is 1. The van der Waals surface area contributed by atoms with Crippen LogP contribution in [0.15, 0.2) is 28.9 Å². The summed E-state index contributed by atoms with van der Waals surface area (Å²) in [6, 6.07) is 9.06. The average molecular weight is 383 g/mol. The maximum absolute atomic E-state index is 12.7. The van der Waals surface area contributed by atoms with E-state index in [1.54, 1.807) is 0 Å². The summed E-state index contributed by atoms with van der Waals surface area (Å²) in [7, 11) is 0. The van der Waals surface area contributed by atoms with E-state index in [1.165, 1.54) is 17.7 Å². The number of carbonyl (C=O) groups excluding carboxylic acids is 1. The first-order valence-corrected chi connectivity index (χ1v) is 10.2. The van der Waals surface area contributed by atoms with E-state index in [0.29, 0.717) is 17.4 Å². The Hall–Kier alpha value is -2.41. The molecule has 4 rings (SSSR count). The van der Waals surface area contributed by atoms with E-state index in [-0.39, 0.29) is 12.3 Å². The number of carbonyl (C=O) groups is 1. The van der Waals surface area contributed by atoms with Gasteiger partial charge in [0.05, 0.1) is 6.42 Å². The van der Waals surface area contributed by atoms with Gasteiger partial charge in [-0.1, -0.05) is 28.5 Å². The SMILES string of the molecule is Cc1ccccc1N1CCN(C2CCCN(C(=O)Cc3nonc3C)C2)CC1. The Labute approximate surface area is 166 Å². The van der Waals surface area contributed by atoms with Gasteiger partial charge in [-0.25, -0.2) is 4.63 Å². The summed E-state index contributed by atoms with van der Waals surface area (Å²) >= 11 is 0. The number of hydrogen-bond donors (Lipinski definition) is 0. The van der Waals surface area contributed by atoms with Gasteiger partial charge in [0.25, 0.3) is 0 Å². The van der Waals surface area contributed by atoms with Crippen LogP contribution in [0.5, 0.6) is 0 Å². The molecule has 1 amide bonds. The lowest BCUT2D eigenvalue weighted by Gasteiger charge is -2.44. The molecule has 2 fully saturated rings. The second-order valence-electron chi connectivity index (χ2n) is 7.92. The van der Waals surface area contributed by atoms with Crippen LogP contribution in [0.1, 0.15) is 29.8 Å². The number of anilines is 1. The Morgan fingerprint density at radius 1 is 1.11 bits per heavy atom. The maximum Gasteiger partial charge on any atom is 0.228 e. The van der Waals surface area contributed by atoms with E-state index in [2.05, 4.69) is 51.3 Å². The summed E-state index contributed by atoms with van der Waals surface area (Å²) in [5, 5.41) is 7.63. The number of piperazine rings is 1. The zero-order chi connectivity index (χ0) is 19.5. The van der Waals surface area contributed by atoms with Gasteiger partial charge in [-0.3, -0.25) is 9.69 Å². The number of nitrogens with zero attached hydrogens (tertiary/aromatic N) is 5. The minimum atomic E-state index is 0.127. The Balaban J connectivity index is 1.32. The van der Waals surface area contributed by atoms with Gasteiger partial charge in [-0.2, -0.15) is 0 Å². The predicted octanol–water partition coefficient (Wildman–Crippen LogP) is 2.04. The van der Waals surface area contributed by atoms with Gasteiger partial charge in [-0.15, -0.1) is 0 Å². The van der Waals surface area contributed by atoms with Crippen LogP contribution in [-0.4, -0.2) is 71.3 Å². The van der Waals surface area contributed by atoms with Crippen LogP contribution in [0.25, 0.3) is 0 Å². The van der Waals surface area contributed by atoms with Gasteiger partial charge in [0, 0.05) is 51.0 Å². The van der Waals surface area contributed by atoms with Crippen LogP contribution >= 0.6 is 0 Å². The van der Waals surface area contributed by atoms with Gasteiger partial charge < -0.3 is 9.80 Å². The van der Waals surface area contributed by atoms with E-state index >= 15 is 0 Å². The lowest BCUT2D eigenvalue weighted by Crippen LogP contribution is -2.56. The van der Waals surface area contributed by atoms with Crippen molar-refractivity contribution in [3.63, 3.8) is 0 Å². The highest BCUT2D eigenvalue weighted by Crippen LogP contribution is 2.23. The van der Waals surface area contributed by atoms with E-state index in [4.69, 9.17) is 4.63 Å². The van der Waals surface area contributed by atoms with E-state index < -0.39 is 0 Å². The fourth-order valence-corrected chi connectivity index (χ4v) is 4.39. The molecular formula is C21H29N5O2. The summed E-state index contributed by atoms with van der Waals surface area (Å²) in [4.78, 5) is 19.8. The molecule has 0 spiro atoms. The molecule has 150 valence electrons. The number of benzene rings is 1. The predicted molar refractivity (Wildman–Crippen MR) is 107 cm³/mol. The van der Waals surface area contributed by atoms with Crippen LogP contribution in [-0.2, 0) is 11.2 Å². The maximum atomic E-state index is 12.7. The van der Waals surface area contributed by atoms with Crippen molar-refractivity contribution in [2.45, 2.75) is 39.2 Å². The van der Waals surface area contributed by atoms with Crippen LogP contribution in [0.2, 0.25) is 0 Å². The summed E-state index contributed by atoms with van der Waals surface area (Å²) in [6.45, 7) is 9.83. The van der Waals surface area contributed by atoms with Crippen LogP contribution in [0, 0.1) is 13.8 Å². The quantitative estimate of drug-likeness (QED) is 0.805. The molecule has 0 N–H and O–H groups in total. The number of hydrogen-bond acceptors (Lipinski definition) is 6. The first kappa shape index (κ1) is 18.9. The number of likely N-dealkylation sites (tertiary alicyclic amines) is 1. The Kier molecular flexibility index (Phi) is 5.62. The Morgan fingerprint density at radius 3 is 2.61 bits per heavy atom. The lowest BCUT2D eigenvalue weighted by molar-refractivity contribution is -0.132. The van der Waals surface area contributed by atoms with E-state index in [9.17, 15) is 4.79 Å². The van der Waals surface area contributed by atoms with Crippen molar-refractivity contribution in [3.8, 4) is 0 Å². The summed E-state index contributed by atoms with van der Waals surface area (Å²) in [5.41, 5.74) is 4.04. The molecule has 0 radical (unpaired) electrons. The molecule has 2 aromatic rings. The zero-order valence-electron chi connectivity index (χ0n) is 16.8. The highest BCUT2D eigenvalue weighted by atomic mass is 16.6. The van der Waals surface area contributed by atoms with Crippen LogP contribution in [0.3, 0.4) is 0 Å². The first-order chi connectivity index (χ1) is 13.6. The Morgan fingerprint density at radius 2 is 1.89 bits per heavy atom. The highest BCUT2D eigenvalue weighted by Gasteiger charge is 2.30. The number of para-hydroxylation sites is 1. The molecule has 1 aromatic heterocycles. The van der Waals surface area contributed by atoms with Crippen LogP contribution in [0.4, 0.5) is 5.69 Å². The molecule has 2 aliphatic rings. The number of aromatic nitrogens is 2. The number of rotatable bonds is 4. The fourth-order valence-electron chi connectivity index (χ4n) is 4.39. The summed E-state index contributed by atoms with van der Waals surface area (Å²) in [6.07, 6.45) is 2.51. The third-order valence-electron chi connectivity index (χ3n) is 6.10. The van der Waals surface area contributed by atoms with Crippen molar-refractivity contribution >= 4 is 11.6 Å². The minimum absolute atomic E-state index is 0.127. The summed E-state index contributed by atoms with van der Waals surface area (Å²) in [5.74, 6) is 0.127. The van der Waals surface area contributed by atoms with Gasteiger partial charge in [0.1, 0.15) is 11.4 Å². The second-order valence-corrected chi connectivity index (χ2v) is 7.92. The molecule has 7 heteroatoms. The molecule has 1 unspecified atom stereocenters. The van der Waals surface area contributed by atoms with Gasteiger partial charge in [-0.05, 0) is 38.3 Å². The van der Waals surface area contributed by atoms with Crippen molar-refractivity contribution < 1.29 is 9.42 Å². The Bertz CT molecular complexity index is 813. The number of amides is 1. The minimum Gasteiger partial charge on any atom is -0.369 e. The molecule has 7 nitrogen and oxygen atoms in total. The van der Waals surface area contributed by atoms with Crippen LogP contribution < -0.4 is 4.90 Å². The van der Waals surface area contributed by atoms with Crippen molar-refractivity contribution in [1.82, 2.24) is 20.1 Å². The highest BCUT2D eigenvalue weighted by molar-refractivity contribution is 5.78. The van der Waals surface area contributed by atoms with E-state index in [0.717, 1.165) is 45.7 Å². The molecule has 28 heavy (non-hydrogen) atoms. The lowest BCUT2D eigenvalue weighted by atomic mass is 10.0. The molecule has 0 saturated carbocycles. The fraction of sp³-hybridized carbons (Fsp3) is 0.571. The zero-order valence-corrected chi connectivity index (χ0v) is 16.8. The van der Waals surface area contributed by atoms with Gasteiger partial charge in [0.15, 0.2) is 0 Å². The number of aryl methyl sites for hydroxylation is 2. The third-order valence-corrected chi connectivity index (χ3v) is 6.10. The average Bonchev–Trinajstić information content (AvgIpc) is 3.13. The second kappa shape index (κ2) is 8.31.